The summed E-state index contributed by atoms with van der Waals surface area (Å²) in [6, 6.07) is 16.6. The molecule has 7 rings (SSSR count). The highest BCUT2D eigenvalue weighted by Gasteiger charge is 2.31. The van der Waals surface area contributed by atoms with Crippen LogP contribution in [0, 0.1) is 11.3 Å². The molecular formula is C39H44FN7O4. The molecule has 5 aromatic rings. The van der Waals surface area contributed by atoms with Gasteiger partial charge in [-0.25, -0.2) is 14.4 Å². The minimum atomic E-state index is -1.16. The number of nitrogens with two attached hydrogens (primary N) is 2. The highest BCUT2D eigenvalue weighted by atomic mass is 19.1. The number of likely N-dealkylation sites (tertiary alicyclic amines) is 1. The minimum Gasteiger partial charge on any atom is -0.494 e. The van der Waals surface area contributed by atoms with Gasteiger partial charge in [0.05, 0.1) is 30.6 Å². The Balaban J connectivity index is 1.22. The van der Waals surface area contributed by atoms with Crippen LogP contribution in [0.25, 0.3) is 44.8 Å². The molecule has 51 heavy (non-hydrogen) atoms. The largest absolute Gasteiger partial charge is 0.494 e. The van der Waals surface area contributed by atoms with E-state index in [2.05, 4.69) is 16.7 Å². The summed E-state index contributed by atoms with van der Waals surface area (Å²) < 4.78 is 24.3. The molecule has 4 N–H and O–H groups in total. The van der Waals surface area contributed by atoms with Gasteiger partial charge >= 0.3 is 0 Å². The van der Waals surface area contributed by atoms with Crippen molar-refractivity contribution in [3.63, 3.8) is 0 Å². The topological polar surface area (TPSA) is 151 Å². The second-order valence-corrected chi connectivity index (χ2v) is 14.8. The van der Waals surface area contributed by atoms with Crippen molar-refractivity contribution < 1.29 is 23.5 Å². The van der Waals surface area contributed by atoms with E-state index in [4.69, 9.17) is 26.2 Å². The van der Waals surface area contributed by atoms with Gasteiger partial charge in [0, 0.05) is 60.1 Å². The molecule has 12 heteroatoms. The quantitative estimate of drug-likeness (QED) is 0.169. The Morgan fingerprint density at radius 2 is 1.75 bits per heavy atom. The Hall–Kier alpha value is -5.10. The van der Waals surface area contributed by atoms with Gasteiger partial charge in [-0.2, -0.15) is 0 Å². The molecule has 0 unspecified atom stereocenters. The van der Waals surface area contributed by atoms with E-state index in [-0.39, 0.29) is 31.1 Å². The van der Waals surface area contributed by atoms with Crippen LogP contribution in [0.4, 0.5) is 4.39 Å². The van der Waals surface area contributed by atoms with Crippen molar-refractivity contribution in [2.75, 3.05) is 20.2 Å². The Bertz CT molecular complexity index is 2160. The second-order valence-electron chi connectivity index (χ2n) is 14.8. The number of amides is 2. The number of imidazole rings is 1. The van der Waals surface area contributed by atoms with Crippen LogP contribution < -0.4 is 16.2 Å². The number of methoxy groups -OCH3 is 1. The number of nitrogens with zero attached hydrogens (tertiary/aromatic N) is 5. The maximum Gasteiger partial charge on any atom is 0.254 e. The third kappa shape index (κ3) is 6.72. The van der Waals surface area contributed by atoms with Crippen molar-refractivity contribution in [1.29, 1.82) is 0 Å². The zero-order chi connectivity index (χ0) is 36.2. The number of piperidine rings is 1. The Morgan fingerprint density at radius 3 is 2.41 bits per heavy atom. The summed E-state index contributed by atoms with van der Waals surface area (Å²) in [5.41, 5.74) is 16.4. The molecule has 1 saturated carbocycles. The lowest BCUT2D eigenvalue weighted by Gasteiger charge is -2.33. The molecule has 2 fully saturated rings. The smallest absolute Gasteiger partial charge is 0.254 e. The fraction of sp³-hybridized carbons (Fsp3) is 0.410. The van der Waals surface area contributed by atoms with E-state index in [0.29, 0.717) is 47.1 Å². The Kier molecular flexibility index (Phi) is 8.91. The van der Waals surface area contributed by atoms with Crippen LogP contribution in [0.5, 0.6) is 5.75 Å². The predicted octanol–water partition coefficient (Wildman–Crippen LogP) is 5.66. The molecule has 0 bridgehead atoms. The summed E-state index contributed by atoms with van der Waals surface area (Å²) in [6.45, 7) is 4.59. The molecule has 0 radical (unpaired) electrons. The molecule has 1 aliphatic carbocycles. The predicted molar refractivity (Wildman–Crippen MR) is 194 cm³/mol. The van der Waals surface area contributed by atoms with E-state index in [1.165, 1.54) is 4.90 Å². The first kappa shape index (κ1) is 34.4. The van der Waals surface area contributed by atoms with Crippen molar-refractivity contribution in [3.8, 4) is 28.5 Å². The number of fused-ring (bicyclic) bond motifs is 2. The lowest BCUT2D eigenvalue weighted by molar-refractivity contribution is -0.126. The Labute approximate surface area is 295 Å². The number of alkyl halides is 1. The highest BCUT2D eigenvalue weighted by molar-refractivity contribution is 6.00. The van der Waals surface area contributed by atoms with Crippen LogP contribution in [0.15, 0.2) is 54.6 Å². The van der Waals surface area contributed by atoms with Gasteiger partial charge in [-0.15, -0.1) is 0 Å². The maximum absolute atomic E-state index is 14.3. The van der Waals surface area contributed by atoms with E-state index in [9.17, 15) is 18.8 Å². The number of pyridine rings is 1. The van der Waals surface area contributed by atoms with Gasteiger partial charge in [-0.3, -0.25) is 14.4 Å². The van der Waals surface area contributed by atoms with Gasteiger partial charge in [0.1, 0.15) is 23.1 Å². The van der Waals surface area contributed by atoms with Crippen molar-refractivity contribution >= 4 is 39.7 Å². The third-order valence-corrected chi connectivity index (χ3v) is 10.4. The first-order valence-electron chi connectivity index (χ1n) is 17.5. The fourth-order valence-electron chi connectivity index (χ4n) is 6.98. The Morgan fingerprint density at radius 1 is 1.00 bits per heavy atom. The summed E-state index contributed by atoms with van der Waals surface area (Å²) in [5, 5.41) is 0.968. The van der Waals surface area contributed by atoms with Gasteiger partial charge in [-0.1, -0.05) is 38.1 Å². The van der Waals surface area contributed by atoms with Gasteiger partial charge in [0.15, 0.2) is 11.6 Å². The molecule has 2 aromatic carbocycles. The first-order valence-corrected chi connectivity index (χ1v) is 17.5. The molecule has 1 saturated heterocycles. The number of aromatic nitrogens is 4. The highest BCUT2D eigenvalue weighted by Crippen LogP contribution is 2.38. The summed E-state index contributed by atoms with van der Waals surface area (Å²) in [7, 11) is 3.49. The molecular weight excluding hydrogens is 649 g/mol. The van der Waals surface area contributed by atoms with E-state index in [1.807, 2.05) is 29.8 Å². The third-order valence-electron chi connectivity index (χ3n) is 10.4. The van der Waals surface area contributed by atoms with Gasteiger partial charge < -0.3 is 30.2 Å². The number of hydrogen-bond donors (Lipinski definition) is 2. The average molecular weight is 694 g/mol. The summed E-state index contributed by atoms with van der Waals surface area (Å²) in [5.74, 6) is 0.985. The number of hydrogen-bond acceptors (Lipinski definition) is 7. The summed E-state index contributed by atoms with van der Waals surface area (Å²) >= 11 is 0. The lowest BCUT2D eigenvalue weighted by atomic mass is 9.85. The molecule has 2 amide bonds. The van der Waals surface area contributed by atoms with Crippen molar-refractivity contribution in [2.45, 2.75) is 64.7 Å². The normalized spacial score (nSPS) is 18.0. The average Bonchev–Trinajstić information content (AvgIpc) is 3.78. The molecule has 1 aliphatic heterocycles. The number of ether oxygens (including phenoxy) is 1. The van der Waals surface area contributed by atoms with Crippen LogP contribution in [0.3, 0.4) is 0 Å². The number of aryl methyl sites for hydroxylation is 1. The van der Waals surface area contributed by atoms with E-state index >= 15 is 0 Å². The van der Waals surface area contributed by atoms with Gasteiger partial charge in [0.2, 0.25) is 5.91 Å². The molecule has 2 aliphatic rings. The minimum absolute atomic E-state index is 0.00970. The van der Waals surface area contributed by atoms with Gasteiger partial charge in [-0.05, 0) is 61.9 Å². The lowest BCUT2D eigenvalue weighted by Crippen LogP contribution is -2.50. The molecule has 4 heterocycles. The van der Waals surface area contributed by atoms with E-state index in [0.717, 1.165) is 52.9 Å². The van der Waals surface area contributed by atoms with Crippen LogP contribution in [-0.4, -0.2) is 74.0 Å². The van der Waals surface area contributed by atoms with Crippen molar-refractivity contribution in [3.05, 3.63) is 65.7 Å². The fourth-order valence-corrected chi connectivity index (χ4v) is 6.98. The number of ketones is 1. The molecule has 2 atom stereocenters. The van der Waals surface area contributed by atoms with Crippen molar-refractivity contribution in [2.24, 2.45) is 29.8 Å². The van der Waals surface area contributed by atoms with Crippen LogP contribution in [0.2, 0.25) is 0 Å². The molecule has 3 aromatic heterocycles. The standard InChI is InChI=1S/C39H44FN7O4/c1-39(2,38(42)50)14-13-32(48)24-9-7-23(8-10-24)29-12-11-25-16-31(47(35(25)43-29)19-22-5-6-22)36-44-30-15-26(17-33(51-4)34(30)45(36)3)37(49)46-20-27(40)18-28(41)21-46/h7-12,15-17,22,27-28H,5-6,13-14,18-21,41H2,1-4H3,(H2,42,50)/t27-,28-/m1/s1. The summed E-state index contributed by atoms with van der Waals surface area (Å²) in [4.78, 5) is 49.7. The SMILES string of the molecule is COc1cc(C(=O)N2C[C@H](N)C[C@@H](F)C2)cc2nc(-c3cc4ccc(-c5ccc(C(=O)CCC(C)(C)C(N)=O)cc5)nc4n3CC3CC3)n(C)c12. The number of carbonyl (C=O) groups excluding carboxylic acids is 3. The number of halogens is 1. The maximum atomic E-state index is 14.3. The van der Waals surface area contributed by atoms with Crippen molar-refractivity contribution in [1.82, 2.24) is 24.0 Å². The number of rotatable bonds is 11. The first-order chi connectivity index (χ1) is 24.3. The molecule has 0 spiro atoms. The number of primary amides is 1. The van der Waals surface area contributed by atoms with Crippen LogP contribution in [0.1, 0.15) is 66.7 Å². The number of carbonyl (C=O) groups is 3. The summed E-state index contributed by atoms with van der Waals surface area (Å²) in [6.07, 6.45) is 1.99. The van der Waals surface area contributed by atoms with E-state index in [1.54, 1.807) is 45.2 Å². The number of Topliss-reactive ketones (excluding diaryl/α,β-unsaturated/α-hetero) is 1. The molecule has 266 valence electrons. The van der Waals surface area contributed by atoms with Crippen LogP contribution >= 0.6 is 0 Å². The van der Waals surface area contributed by atoms with E-state index < -0.39 is 23.5 Å². The molecule has 11 nitrogen and oxygen atoms in total. The zero-order valence-electron chi connectivity index (χ0n) is 29.5. The van der Waals surface area contributed by atoms with Gasteiger partial charge in [0.25, 0.3) is 5.91 Å². The van der Waals surface area contributed by atoms with Crippen LogP contribution in [-0.2, 0) is 18.4 Å². The monoisotopic (exact) mass is 693 g/mol. The zero-order valence-corrected chi connectivity index (χ0v) is 29.5. The second kappa shape index (κ2) is 13.2. The number of benzene rings is 2.